The Labute approximate surface area is 715 Å². The Hall–Kier alpha value is -8.79. The van der Waals surface area contributed by atoms with Crippen LogP contribution in [0.25, 0.3) is 55.0 Å². The summed E-state index contributed by atoms with van der Waals surface area (Å²) in [6.07, 6.45) is 13.2. The van der Waals surface area contributed by atoms with Crippen LogP contribution < -0.4 is 30.7 Å². The third-order valence-electron chi connectivity index (χ3n) is 19.1. The summed E-state index contributed by atoms with van der Waals surface area (Å²) in [6.45, 7) is 0. The number of aromatic nitrogens is 9. The van der Waals surface area contributed by atoms with E-state index < -0.39 is 88.8 Å². The molecule has 2 aliphatic rings. The molecule has 0 aliphatic heterocycles. The summed E-state index contributed by atoms with van der Waals surface area (Å²) in [7, 11) is -1.07. The van der Waals surface area contributed by atoms with Gasteiger partial charge in [-0.15, -0.1) is 0 Å². The molecular formula is C79H76BBrCl5F6N13O11S3. The Kier molecular flexibility index (Phi) is 31.7. The lowest BCUT2D eigenvalue weighted by atomic mass is 9.80. The molecule has 0 unspecified atom stereocenters. The molecule has 6 aromatic heterocycles. The van der Waals surface area contributed by atoms with Crippen molar-refractivity contribution in [1.29, 1.82) is 0 Å². The van der Waals surface area contributed by atoms with E-state index in [9.17, 15) is 42.8 Å². The Morgan fingerprint density at radius 1 is 0.462 bits per heavy atom. The van der Waals surface area contributed by atoms with Crippen LogP contribution in [-0.2, 0) is 46.8 Å². The normalized spacial score (nSPS) is 15.5. The third-order valence-corrected chi connectivity index (χ3v) is 26.4. The number of nitrogens with two attached hydrogens (primary N) is 1. The fraction of sp³-hybridized carbons (Fsp3) is 0.278. The first-order valence-electron chi connectivity index (χ1n) is 36.1. The molecule has 2 saturated carbocycles. The van der Waals surface area contributed by atoms with Gasteiger partial charge in [0.1, 0.15) is 68.7 Å². The highest BCUT2D eigenvalue weighted by Crippen LogP contribution is 2.39. The van der Waals surface area contributed by atoms with Gasteiger partial charge in [0, 0.05) is 70.0 Å². The fourth-order valence-corrected chi connectivity index (χ4v) is 19.2. The fourth-order valence-electron chi connectivity index (χ4n) is 12.9. The van der Waals surface area contributed by atoms with Crippen molar-refractivity contribution in [2.24, 2.45) is 5.73 Å². The Balaban J connectivity index is 0.000000169. The van der Waals surface area contributed by atoms with Gasteiger partial charge in [-0.05, 0) is 220 Å². The molecule has 0 atom stereocenters. The highest BCUT2D eigenvalue weighted by Gasteiger charge is 2.30. The van der Waals surface area contributed by atoms with Crippen LogP contribution in [0.1, 0.15) is 68.4 Å². The third kappa shape index (κ3) is 23.7. The predicted octanol–water partition coefficient (Wildman–Crippen LogP) is 15.7. The first-order valence-corrected chi connectivity index (χ1v) is 43.7. The van der Waals surface area contributed by atoms with E-state index in [1.54, 1.807) is 30.3 Å². The van der Waals surface area contributed by atoms with Gasteiger partial charge >= 0.3 is 7.12 Å². The van der Waals surface area contributed by atoms with Crippen molar-refractivity contribution in [2.75, 3.05) is 54.8 Å². The molecule has 6 heterocycles. The molecule has 5 N–H and O–H groups in total. The summed E-state index contributed by atoms with van der Waals surface area (Å²) < 4.78 is 179. The maximum atomic E-state index is 15.3. The van der Waals surface area contributed by atoms with E-state index in [4.69, 9.17) is 88.0 Å². The Morgan fingerprint density at radius 2 is 0.815 bits per heavy atom. The molecule has 628 valence electrons. The van der Waals surface area contributed by atoms with Crippen LogP contribution in [0.2, 0.25) is 25.6 Å². The second kappa shape index (κ2) is 40.7. The number of nitrogens with zero attached hydrogens (tertiary/aromatic N) is 11. The van der Waals surface area contributed by atoms with E-state index in [1.807, 2.05) is 0 Å². The van der Waals surface area contributed by atoms with Gasteiger partial charge in [-0.25, -0.2) is 96.5 Å². The monoisotopic (exact) mass is 1860 g/mol. The van der Waals surface area contributed by atoms with Crippen LogP contribution in [0.3, 0.4) is 0 Å². The maximum absolute atomic E-state index is 15.3. The second-order valence-corrected chi connectivity index (χ2v) is 36.3. The summed E-state index contributed by atoms with van der Waals surface area (Å²) in [4.78, 5) is 40.1. The summed E-state index contributed by atoms with van der Waals surface area (Å²) in [5, 5.41) is 22.2. The minimum atomic E-state index is -4.00. The molecule has 119 heavy (non-hydrogen) atoms. The number of benzene rings is 6. The lowest BCUT2D eigenvalue weighted by Crippen LogP contribution is -2.36. The number of anilines is 1. The molecule has 0 spiro atoms. The topological polar surface area (TPSA) is 331 Å². The van der Waals surface area contributed by atoms with E-state index in [-0.39, 0.29) is 125 Å². The van der Waals surface area contributed by atoms with Crippen molar-refractivity contribution in [2.45, 2.75) is 107 Å². The molecular weight excluding hydrogens is 1790 g/mol. The first-order chi connectivity index (χ1) is 56.4. The minimum Gasteiger partial charge on any atom is -0.481 e. The summed E-state index contributed by atoms with van der Waals surface area (Å²) in [6, 6.07) is 30.9. The SMILES string of the molecule is CN(C)C1CCC(N)CC1.COc1nc(CS(=O)(=O)c2ccccc2Cl)c(F)cc1-c1cc(F)c2nc(Cl)ncc2c1.COc1nc(CS(=O)(=O)c2ccccc2Cl)c(F)cc1-c1cc(F)c2nc(NC3CCC(N(C)C)CC3)ncc2c1.COc1nc(CS(=O)(=O)c2ccccc2Cl)c(F)cc1Br.OB(O)c1cc(F)c2nc(Cl)ncc2c1. The van der Waals surface area contributed by atoms with Gasteiger partial charge in [-0.3, -0.25) is 0 Å². The Bertz CT molecular complexity index is 6070. The van der Waals surface area contributed by atoms with Gasteiger partial charge in [0.25, 0.3) is 0 Å². The number of rotatable bonds is 19. The summed E-state index contributed by atoms with van der Waals surface area (Å²) in [5.74, 6) is -6.24. The zero-order valence-corrected chi connectivity index (χ0v) is 72.2. The molecule has 0 saturated heterocycles. The molecule has 0 amide bonds. The van der Waals surface area contributed by atoms with Gasteiger partial charge in [-0.1, -0.05) is 77.3 Å². The summed E-state index contributed by atoms with van der Waals surface area (Å²) in [5.41, 5.74) is 5.89. The van der Waals surface area contributed by atoms with Gasteiger partial charge in [-0.2, -0.15) is 0 Å². The van der Waals surface area contributed by atoms with Crippen LogP contribution in [0.5, 0.6) is 17.6 Å². The molecule has 12 aromatic rings. The zero-order valence-electron chi connectivity index (χ0n) is 64.3. The number of hydrogen-bond acceptors (Lipinski definition) is 24. The minimum absolute atomic E-state index is 0.00333. The largest absolute Gasteiger partial charge is 0.488 e. The highest BCUT2D eigenvalue weighted by atomic mass is 79.9. The summed E-state index contributed by atoms with van der Waals surface area (Å²) >= 11 is 32.2. The lowest BCUT2D eigenvalue weighted by molar-refractivity contribution is 0.217. The standard InChI is InChI=1S/C29H30ClF2N5O3S.C21H13Cl2F2N3O3S.C13H10BrClFNO3S.C8H5BClFN2O2.C8H18N2/c1-37(2)20-10-8-19(9-11-20)34-29-33-15-18-12-17(13-24(32)27(18)36-29)21-14-23(31)25(35-28(21)40-3)16-41(38,39)26-7-5-4-6-22(26)30;1-31-20-13(11-6-12-9-26-21(23)28-19(12)16(25)7-11)8-15(24)17(27-20)10-32(29,30)18-5-3-2-4-14(18)22;1-20-13-8(14)6-10(16)11(17-13)7-21(18,19)12-5-3-2-4-9(12)15;10-8-12-3-4-1-5(9(14)15)2-6(11)7(4)13-8;1-10(2)8-5-3-7(9)4-6-8/h4-7,12-15,19-20H,8-11,16H2,1-3H3,(H,33,34,36);2-9H,10H2,1H3;2-6H,7H2,1H3;1-3,14-15H;7-8H,3-6,9H2,1-2H3. The number of sulfone groups is 3. The van der Waals surface area contributed by atoms with Crippen LogP contribution in [-0.4, -0.2) is 171 Å². The molecule has 40 heteroatoms. The molecule has 14 rings (SSSR count). The molecule has 0 radical (unpaired) electrons. The number of halogens is 12. The van der Waals surface area contributed by atoms with Crippen molar-refractivity contribution < 1.29 is 75.9 Å². The van der Waals surface area contributed by atoms with Gasteiger partial charge in [0.2, 0.25) is 34.2 Å². The predicted molar refractivity (Wildman–Crippen MR) is 451 cm³/mol. The van der Waals surface area contributed by atoms with E-state index >= 15 is 8.78 Å². The van der Waals surface area contributed by atoms with Crippen LogP contribution in [0, 0.1) is 34.9 Å². The molecule has 6 aromatic carbocycles. The van der Waals surface area contributed by atoms with Crippen LogP contribution >= 0.6 is 73.9 Å². The molecule has 2 aliphatic carbocycles. The quantitative estimate of drug-likeness (QED) is 0.0332. The average molecular weight is 1860 g/mol. The lowest BCUT2D eigenvalue weighted by Gasteiger charge is -2.32. The van der Waals surface area contributed by atoms with Gasteiger partial charge < -0.3 is 45.1 Å². The number of ether oxygens (including phenoxy) is 3. The van der Waals surface area contributed by atoms with Crippen LogP contribution in [0.15, 0.2) is 165 Å². The second-order valence-electron chi connectivity index (χ2n) is 27.6. The molecule has 2 fully saturated rings. The highest BCUT2D eigenvalue weighted by molar-refractivity contribution is 9.10. The molecule has 0 bridgehead atoms. The number of nitrogens with one attached hydrogen (secondary N) is 1. The van der Waals surface area contributed by atoms with Crippen molar-refractivity contribution in [1.82, 2.24) is 54.7 Å². The van der Waals surface area contributed by atoms with Crippen LogP contribution in [0.4, 0.5) is 32.3 Å². The number of hydrogen-bond donors (Lipinski definition) is 4. The average Bonchev–Trinajstić information content (AvgIpc) is 0.789. The van der Waals surface area contributed by atoms with E-state index in [2.05, 4.69) is 104 Å². The van der Waals surface area contributed by atoms with Crippen molar-refractivity contribution in [3.05, 3.63) is 228 Å². The first kappa shape index (κ1) is 92.5. The van der Waals surface area contributed by atoms with Crippen molar-refractivity contribution in [3.63, 3.8) is 0 Å². The van der Waals surface area contributed by atoms with E-state index in [1.165, 1.54) is 132 Å². The van der Waals surface area contributed by atoms with Gasteiger partial charge in [0.15, 0.2) is 29.5 Å². The number of fused-ring (bicyclic) bond motifs is 3. The number of pyridine rings is 3. The van der Waals surface area contributed by atoms with E-state index in [0.29, 0.717) is 38.7 Å². The zero-order chi connectivity index (χ0) is 86.5. The molecule has 24 nitrogen and oxygen atoms in total. The Morgan fingerprint density at radius 3 is 1.20 bits per heavy atom. The van der Waals surface area contributed by atoms with Crippen molar-refractivity contribution in [3.8, 4) is 39.9 Å². The maximum Gasteiger partial charge on any atom is 0.488 e. The number of methoxy groups -OCH3 is 3. The van der Waals surface area contributed by atoms with Gasteiger partial charge in [0.05, 0.1) is 72.6 Å². The smallest absolute Gasteiger partial charge is 0.481 e. The van der Waals surface area contributed by atoms with E-state index in [0.717, 1.165) is 62.1 Å². The van der Waals surface area contributed by atoms with Crippen molar-refractivity contribution >= 4 is 155 Å².